The van der Waals surface area contributed by atoms with Crippen LogP contribution in [0.3, 0.4) is 0 Å². The summed E-state index contributed by atoms with van der Waals surface area (Å²) in [5.74, 6) is 1.59. The molecule has 1 unspecified atom stereocenters. The summed E-state index contributed by atoms with van der Waals surface area (Å²) in [7, 11) is 1.62. The number of ether oxygens (including phenoxy) is 3. The summed E-state index contributed by atoms with van der Waals surface area (Å²) in [6, 6.07) is 10.6. The first kappa shape index (κ1) is 25.6. The summed E-state index contributed by atoms with van der Waals surface area (Å²) >= 11 is 0. The van der Waals surface area contributed by atoms with Gasteiger partial charge in [0.1, 0.15) is 12.0 Å². The Morgan fingerprint density at radius 1 is 1.08 bits per heavy atom. The third kappa shape index (κ3) is 6.29. The summed E-state index contributed by atoms with van der Waals surface area (Å²) in [5.41, 5.74) is 3.75. The maximum absolute atomic E-state index is 5.96. The standard InChI is InChI=1S/C28H38N6O3/c1-28(2,3)30-22-12-13-33(18-22)26-11-10-24(31-32-26)23-9-8-20(15-25(23)37-19-35-4)21-16-29-34(17-21)27-7-5-6-14-36-27/h8-11,15-17,22,27,30H,5-7,12-14,18-19H2,1-4H3/t22-,27?/m0/s1. The van der Waals surface area contributed by atoms with Gasteiger partial charge in [0.2, 0.25) is 0 Å². The molecular weight excluding hydrogens is 468 g/mol. The van der Waals surface area contributed by atoms with Crippen LogP contribution in [0.2, 0.25) is 0 Å². The van der Waals surface area contributed by atoms with Gasteiger partial charge in [-0.05, 0) is 76.3 Å². The number of methoxy groups -OCH3 is 1. The Labute approximate surface area is 219 Å². The van der Waals surface area contributed by atoms with Gasteiger partial charge in [-0.25, -0.2) is 4.68 Å². The zero-order valence-electron chi connectivity index (χ0n) is 22.3. The van der Waals surface area contributed by atoms with Crippen LogP contribution in [0.4, 0.5) is 5.82 Å². The van der Waals surface area contributed by atoms with Gasteiger partial charge in [0, 0.05) is 55.7 Å². The minimum Gasteiger partial charge on any atom is -0.467 e. The van der Waals surface area contributed by atoms with Crippen molar-refractivity contribution in [2.75, 3.05) is 38.5 Å². The minimum atomic E-state index is 0.00917. The highest BCUT2D eigenvalue weighted by atomic mass is 16.7. The molecule has 0 radical (unpaired) electrons. The summed E-state index contributed by atoms with van der Waals surface area (Å²) in [6.45, 7) is 9.45. The van der Waals surface area contributed by atoms with Crippen molar-refractivity contribution in [2.24, 2.45) is 0 Å². The van der Waals surface area contributed by atoms with Crippen LogP contribution in [-0.2, 0) is 9.47 Å². The molecule has 2 saturated heterocycles. The topological polar surface area (TPSA) is 86.6 Å². The molecular formula is C28H38N6O3. The van der Waals surface area contributed by atoms with Crippen LogP contribution in [0.25, 0.3) is 22.4 Å². The highest BCUT2D eigenvalue weighted by molar-refractivity contribution is 5.74. The fourth-order valence-electron chi connectivity index (χ4n) is 5.07. The third-order valence-corrected chi connectivity index (χ3v) is 6.78. The van der Waals surface area contributed by atoms with Gasteiger partial charge in [0.25, 0.3) is 0 Å². The second-order valence-corrected chi connectivity index (χ2v) is 10.9. The lowest BCUT2D eigenvalue weighted by molar-refractivity contribution is -0.0394. The molecule has 0 aliphatic carbocycles. The van der Waals surface area contributed by atoms with E-state index in [2.05, 4.69) is 52.4 Å². The van der Waals surface area contributed by atoms with E-state index in [9.17, 15) is 0 Å². The van der Waals surface area contributed by atoms with Gasteiger partial charge in [0.15, 0.2) is 12.6 Å². The molecule has 0 saturated carbocycles. The van der Waals surface area contributed by atoms with Crippen LogP contribution in [0.1, 0.15) is 52.7 Å². The maximum Gasteiger partial charge on any atom is 0.188 e. The molecule has 1 N–H and O–H groups in total. The monoisotopic (exact) mass is 506 g/mol. The number of nitrogens with one attached hydrogen (secondary N) is 1. The zero-order chi connectivity index (χ0) is 25.8. The molecule has 2 atom stereocenters. The normalized spacial score (nSPS) is 20.4. The van der Waals surface area contributed by atoms with Crippen molar-refractivity contribution >= 4 is 5.82 Å². The molecule has 5 rings (SSSR count). The fraction of sp³-hybridized carbons (Fsp3) is 0.536. The lowest BCUT2D eigenvalue weighted by Crippen LogP contribution is -2.45. The highest BCUT2D eigenvalue weighted by Gasteiger charge is 2.27. The summed E-state index contributed by atoms with van der Waals surface area (Å²) in [5, 5.41) is 17.4. The van der Waals surface area contributed by atoms with E-state index >= 15 is 0 Å². The summed E-state index contributed by atoms with van der Waals surface area (Å²) in [4.78, 5) is 2.29. The van der Waals surface area contributed by atoms with Crippen LogP contribution in [0, 0.1) is 0 Å². The maximum atomic E-state index is 5.96. The van der Waals surface area contributed by atoms with Gasteiger partial charge >= 0.3 is 0 Å². The van der Waals surface area contributed by atoms with Crippen LogP contribution in [0.15, 0.2) is 42.7 Å². The Balaban J connectivity index is 1.33. The quantitative estimate of drug-likeness (QED) is 0.442. The number of benzene rings is 1. The van der Waals surface area contributed by atoms with E-state index in [0.717, 1.165) is 73.6 Å². The molecule has 2 aliphatic heterocycles. The average molecular weight is 507 g/mol. The number of hydrogen-bond donors (Lipinski definition) is 1. The predicted molar refractivity (Wildman–Crippen MR) is 144 cm³/mol. The first-order valence-corrected chi connectivity index (χ1v) is 13.2. The summed E-state index contributed by atoms with van der Waals surface area (Å²) < 4.78 is 18.9. The molecule has 4 heterocycles. The largest absolute Gasteiger partial charge is 0.467 e. The van der Waals surface area contributed by atoms with Crippen LogP contribution in [0.5, 0.6) is 5.75 Å². The Morgan fingerprint density at radius 3 is 2.70 bits per heavy atom. The molecule has 2 aliphatic rings. The number of nitrogens with zero attached hydrogens (tertiary/aromatic N) is 5. The van der Waals surface area contributed by atoms with Crippen molar-refractivity contribution in [1.82, 2.24) is 25.3 Å². The van der Waals surface area contributed by atoms with E-state index in [1.807, 2.05) is 41.3 Å². The van der Waals surface area contributed by atoms with Crippen LogP contribution < -0.4 is 15.0 Å². The Kier molecular flexibility index (Phi) is 7.73. The molecule has 2 fully saturated rings. The van der Waals surface area contributed by atoms with Crippen LogP contribution in [-0.4, -0.2) is 65.2 Å². The number of rotatable bonds is 8. The Hall–Kier alpha value is -3.01. The summed E-state index contributed by atoms with van der Waals surface area (Å²) in [6.07, 6.45) is 8.29. The van der Waals surface area contributed by atoms with E-state index in [4.69, 9.17) is 14.2 Å². The van der Waals surface area contributed by atoms with Gasteiger partial charge in [-0.3, -0.25) is 0 Å². The SMILES string of the molecule is COCOc1cc(-c2cnn(C3CCCCO3)c2)ccc1-c1ccc(N2CC[C@H](NC(C)(C)C)C2)nn1. The van der Waals surface area contributed by atoms with Crippen molar-refractivity contribution in [3.05, 3.63) is 42.7 Å². The van der Waals surface area contributed by atoms with Gasteiger partial charge < -0.3 is 24.4 Å². The van der Waals surface area contributed by atoms with Crippen molar-refractivity contribution < 1.29 is 14.2 Å². The van der Waals surface area contributed by atoms with Crippen LogP contribution >= 0.6 is 0 Å². The molecule has 0 amide bonds. The molecule has 2 aromatic heterocycles. The van der Waals surface area contributed by atoms with Gasteiger partial charge in [0.05, 0.1) is 11.9 Å². The molecule has 9 nitrogen and oxygen atoms in total. The van der Waals surface area contributed by atoms with Crippen molar-refractivity contribution in [3.8, 4) is 28.1 Å². The molecule has 0 spiro atoms. The minimum absolute atomic E-state index is 0.00917. The van der Waals surface area contributed by atoms with E-state index in [-0.39, 0.29) is 18.6 Å². The first-order valence-electron chi connectivity index (χ1n) is 13.2. The van der Waals surface area contributed by atoms with E-state index in [1.165, 1.54) is 0 Å². The number of anilines is 1. The number of aromatic nitrogens is 4. The van der Waals surface area contributed by atoms with Crippen molar-refractivity contribution in [2.45, 2.75) is 64.3 Å². The molecule has 0 bridgehead atoms. The number of hydrogen-bond acceptors (Lipinski definition) is 8. The molecule has 9 heteroatoms. The first-order chi connectivity index (χ1) is 17.9. The Bertz CT molecular complexity index is 1170. The fourth-order valence-corrected chi connectivity index (χ4v) is 5.07. The lowest BCUT2D eigenvalue weighted by atomic mass is 10.0. The molecule has 37 heavy (non-hydrogen) atoms. The second kappa shape index (κ2) is 11.2. The van der Waals surface area contributed by atoms with E-state index < -0.39 is 0 Å². The van der Waals surface area contributed by atoms with Crippen molar-refractivity contribution in [3.63, 3.8) is 0 Å². The zero-order valence-corrected chi connectivity index (χ0v) is 22.3. The molecule has 3 aromatic rings. The average Bonchev–Trinajstić information content (AvgIpc) is 3.57. The van der Waals surface area contributed by atoms with E-state index in [1.54, 1.807) is 7.11 Å². The van der Waals surface area contributed by atoms with Gasteiger partial charge in [-0.2, -0.15) is 5.10 Å². The van der Waals surface area contributed by atoms with Crippen molar-refractivity contribution in [1.29, 1.82) is 0 Å². The second-order valence-electron chi connectivity index (χ2n) is 10.9. The lowest BCUT2D eigenvalue weighted by Gasteiger charge is -2.26. The molecule has 1 aromatic carbocycles. The third-order valence-electron chi connectivity index (χ3n) is 6.78. The predicted octanol–water partition coefficient (Wildman–Crippen LogP) is 4.66. The van der Waals surface area contributed by atoms with Gasteiger partial charge in [-0.1, -0.05) is 6.07 Å². The highest BCUT2D eigenvalue weighted by Crippen LogP contribution is 2.34. The smallest absolute Gasteiger partial charge is 0.188 e. The van der Waals surface area contributed by atoms with Gasteiger partial charge in [-0.15, -0.1) is 10.2 Å². The Morgan fingerprint density at radius 2 is 1.97 bits per heavy atom. The van der Waals surface area contributed by atoms with E-state index in [0.29, 0.717) is 11.8 Å². The molecule has 198 valence electrons.